The van der Waals surface area contributed by atoms with E-state index in [1.165, 1.54) is 5.56 Å². The number of nitrogens with one attached hydrogen (secondary N) is 1. The average Bonchev–Trinajstić information content (AvgIpc) is 3.38. The van der Waals surface area contributed by atoms with Crippen LogP contribution in [0.3, 0.4) is 0 Å². The fraction of sp³-hybridized carbons (Fsp3) is 0.364. The van der Waals surface area contributed by atoms with E-state index in [9.17, 15) is 4.79 Å². The van der Waals surface area contributed by atoms with Crippen LogP contribution in [0.1, 0.15) is 17.5 Å². The molecule has 1 fully saturated rings. The van der Waals surface area contributed by atoms with E-state index in [4.69, 9.17) is 20.6 Å². The highest BCUT2D eigenvalue weighted by Crippen LogP contribution is 2.39. The van der Waals surface area contributed by atoms with Gasteiger partial charge in [-0.15, -0.1) is 11.8 Å². The molecular formula is C22H25N3O3S. The minimum absolute atomic E-state index is 0.0329. The van der Waals surface area contributed by atoms with E-state index in [1.54, 1.807) is 16.7 Å². The number of rotatable bonds is 6. The van der Waals surface area contributed by atoms with E-state index >= 15 is 0 Å². The van der Waals surface area contributed by atoms with Crippen LogP contribution in [-0.4, -0.2) is 41.8 Å². The number of amidine groups is 1. The van der Waals surface area contributed by atoms with E-state index in [2.05, 4.69) is 6.07 Å². The normalized spacial score (nSPS) is 20.3. The summed E-state index contributed by atoms with van der Waals surface area (Å²) in [5.41, 5.74) is 7.84. The molecule has 2 aromatic rings. The summed E-state index contributed by atoms with van der Waals surface area (Å²) in [5, 5.41) is 7.66. The number of carbonyl (C=O) groups is 1. The van der Waals surface area contributed by atoms with Crippen LogP contribution in [0.25, 0.3) is 0 Å². The second-order valence-corrected chi connectivity index (χ2v) is 8.73. The lowest BCUT2D eigenvalue weighted by molar-refractivity contribution is 0.102. The van der Waals surface area contributed by atoms with Gasteiger partial charge in [-0.25, -0.2) is 4.79 Å². The Morgan fingerprint density at radius 1 is 1.24 bits per heavy atom. The summed E-state index contributed by atoms with van der Waals surface area (Å²) in [6.45, 7) is 2.22. The van der Waals surface area contributed by atoms with E-state index in [0.717, 1.165) is 29.1 Å². The summed E-state index contributed by atoms with van der Waals surface area (Å²) in [4.78, 5) is 15.2. The minimum atomic E-state index is -0.263. The van der Waals surface area contributed by atoms with Crippen LogP contribution in [0.5, 0.6) is 5.75 Å². The Hall–Kier alpha value is -2.67. The van der Waals surface area contributed by atoms with Crippen LogP contribution in [0.2, 0.25) is 0 Å². The van der Waals surface area contributed by atoms with Crippen molar-refractivity contribution in [1.29, 1.82) is 5.41 Å². The highest BCUT2D eigenvalue weighted by Gasteiger charge is 2.28. The van der Waals surface area contributed by atoms with Gasteiger partial charge in [-0.3, -0.25) is 5.41 Å². The molecule has 2 aliphatic rings. The standard InChI is InChI=1S/C22H25N3O3S/c23-21(24)20-10-17-6-7-18(11-19(17)29-20)27-14-16-8-9-25(12-16)22(26)28-13-15-4-2-1-3-5-15/h1-7,11,16,20H,8-10,12-14H2,(H3,23,24). The predicted molar refractivity (Wildman–Crippen MR) is 114 cm³/mol. The van der Waals surface area contributed by atoms with E-state index < -0.39 is 0 Å². The van der Waals surface area contributed by atoms with Gasteiger partial charge < -0.3 is 20.1 Å². The van der Waals surface area contributed by atoms with Gasteiger partial charge in [-0.1, -0.05) is 36.4 Å². The van der Waals surface area contributed by atoms with Gasteiger partial charge in [0, 0.05) is 23.9 Å². The molecule has 2 aliphatic heterocycles. The van der Waals surface area contributed by atoms with Crippen molar-refractivity contribution < 1.29 is 14.3 Å². The molecule has 4 rings (SSSR count). The Balaban J connectivity index is 1.23. The third kappa shape index (κ3) is 4.85. The Kier molecular flexibility index (Phi) is 5.94. The van der Waals surface area contributed by atoms with Crippen LogP contribution in [-0.2, 0) is 17.8 Å². The highest BCUT2D eigenvalue weighted by atomic mass is 32.2. The maximum atomic E-state index is 12.3. The highest BCUT2D eigenvalue weighted by molar-refractivity contribution is 8.01. The minimum Gasteiger partial charge on any atom is -0.493 e. The lowest BCUT2D eigenvalue weighted by Crippen LogP contribution is -2.30. The Morgan fingerprint density at radius 2 is 2.07 bits per heavy atom. The largest absolute Gasteiger partial charge is 0.493 e. The van der Waals surface area contributed by atoms with Gasteiger partial charge in [0.25, 0.3) is 0 Å². The first-order chi connectivity index (χ1) is 14.1. The van der Waals surface area contributed by atoms with Crippen LogP contribution in [0, 0.1) is 11.3 Å². The van der Waals surface area contributed by atoms with Crippen molar-refractivity contribution >= 4 is 23.7 Å². The maximum absolute atomic E-state index is 12.3. The van der Waals surface area contributed by atoms with Gasteiger partial charge in [0.2, 0.25) is 0 Å². The fourth-order valence-corrected chi connectivity index (χ4v) is 4.81. The molecule has 29 heavy (non-hydrogen) atoms. The second kappa shape index (κ2) is 8.78. The van der Waals surface area contributed by atoms with E-state index in [0.29, 0.717) is 32.2 Å². The van der Waals surface area contributed by atoms with Crippen molar-refractivity contribution in [2.75, 3.05) is 19.7 Å². The predicted octanol–water partition coefficient (Wildman–Crippen LogP) is 3.68. The monoisotopic (exact) mass is 411 g/mol. The molecule has 2 atom stereocenters. The third-order valence-corrected chi connectivity index (χ3v) is 6.63. The van der Waals surface area contributed by atoms with Crippen molar-refractivity contribution in [3.05, 3.63) is 59.7 Å². The zero-order valence-corrected chi connectivity index (χ0v) is 17.0. The molecule has 1 amide bonds. The van der Waals surface area contributed by atoms with Crippen molar-refractivity contribution in [3.63, 3.8) is 0 Å². The van der Waals surface area contributed by atoms with Crippen LogP contribution >= 0.6 is 11.8 Å². The van der Waals surface area contributed by atoms with Gasteiger partial charge in [-0.2, -0.15) is 0 Å². The molecule has 0 saturated carbocycles. The van der Waals surface area contributed by atoms with E-state index in [-0.39, 0.29) is 17.2 Å². The molecule has 2 aromatic carbocycles. The summed E-state index contributed by atoms with van der Waals surface area (Å²) >= 11 is 1.63. The summed E-state index contributed by atoms with van der Waals surface area (Å²) in [6.07, 6.45) is 1.45. The zero-order chi connectivity index (χ0) is 20.2. The number of fused-ring (bicyclic) bond motifs is 1. The number of amides is 1. The number of benzene rings is 2. The third-order valence-electron chi connectivity index (χ3n) is 5.29. The Bertz CT molecular complexity index is 890. The Labute approximate surface area is 174 Å². The molecule has 2 heterocycles. The molecule has 1 saturated heterocycles. The first-order valence-electron chi connectivity index (χ1n) is 9.80. The molecule has 0 bridgehead atoms. The number of hydrogen-bond donors (Lipinski definition) is 2. The molecule has 0 aromatic heterocycles. The van der Waals surface area contributed by atoms with Crippen molar-refractivity contribution in [1.82, 2.24) is 4.90 Å². The number of likely N-dealkylation sites (tertiary alicyclic amines) is 1. The van der Waals surface area contributed by atoms with Crippen LogP contribution in [0.4, 0.5) is 4.79 Å². The van der Waals surface area contributed by atoms with E-state index in [1.807, 2.05) is 42.5 Å². The van der Waals surface area contributed by atoms with Gasteiger partial charge in [0.15, 0.2) is 0 Å². The number of carbonyl (C=O) groups excluding carboxylic acids is 1. The smallest absolute Gasteiger partial charge is 0.410 e. The fourth-order valence-electron chi connectivity index (χ4n) is 3.63. The van der Waals surface area contributed by atoms with Crippen LogP contribution < -0.4 is 10.5 Å². The summed E-state index contributed by atoms with van der Waals surface area (Å²) in [7, 11) is 0. The molecular weight excluding hydrogens is 386 g/mol. The van der Waals surface area contributed by atoms with Gasteiger partial charge in [-0.05, 0) is 36.1 Å². The quantitative estimate of drug-likeness (QED) is 0.559. The van der Waals surface area contributed by atoms with Crippen molar-refractivity contribution in [2.24, 2.45) is 11.7 Å². The molecule has 0 radical (unpaired) electrons. The topological polar surface area (TPSA) is 88.6 Å². The molecule has 0 spiro atoms. The summed E-state index contributed by atoms with van der Waals surface area (Å²) in [6, 6.07) is 15.8. The maximum Gasteiger partial charge on any atom is 0.410 e. The first kappa shape index (κ1) is 19.6. The SMILES string of the molecule is N=C(N)C1Cc2ccc(OCC3CCN(C(=O)OCc4ccccc4)C3)cc2S1. The lowest BCUT2D eigenvalue weighted by Gasteiger charge is -2.17. The first-order valence-corrected chi connectivity index (χ1v) is 10.7. The average molecular weight is 412 g/mol. The number of ether oxygens (including phenoxy) is 2. The molecule has 2 unspecified atom stereocenters. The number of nitrogens with zero attached hydrogens (tertiary/aromatic N) is 1. The van der Waals surface area contributed by atoms with Gasteiger partial charge in [0.1, 0.15) is 18.2 Å². The number of nitrogens with two attached hydrogens (primary N) is 1. The summed E-state index contributed by atoms with van der Waals surface area (Å²) in [5.74, 6) is 1.34. The molecule has 152 valence electrons. The number of thioether (sulfide) groups is 1. The molecule has 3 N–H and O–H groups in total. The summed E-state index contributed by atoms with van der Waals surface area (Å²) < 4.78 is 11.4. The molecule has 7 heteroatoms. The molecule has 0 aliphatic carbocycles. The van der Waals surface area contributed by atoms with Crippen molar-refractivity contribution in [2.45, 2.75) is 29.6 Å². The van der Waals surface area contributed by atoms with Gasteiger partial charge in [0.05, 0.1) is 11.9 Å². The van der Waals surface area contributed by atoms with Crippen LogP contribution in [0.15, 0.2) is 53.4 Å². The van der Waals surface area contributed by atoms with Crippen molar-refractivity contribution in [3.8, 4) is 5.75 Å². The lowest BCUT2D eigenvalue weighted by atomic mass is 10.1. The Morgan fingerprint density at radius 3 is 2.86 bits per heavy atom. The second-order valence-electron chi connectivity index (χ2n) is 7.49. The van der Waals surface area contributed by atoms with Gasteiger partial charge >= 0.3 is 6.09 Å². The number of hydrogen-bond acceptors (Lipinski definition) is 5. The molecule has 6 nitrogen and oxygen atoms in total. The zero-order valence-electron chi connectivity index (χ0n) is 16.2.